The highest BCUT2D eigenvalue weighted by atomic mass is 16.4. The highest BCUT2D eigenvalue weighted by molar-refractivity contribution is 5.74. The summed E-state index contributed by atoms with van der Waals surface area (Å²) in [5.41, 5.74) is 1.95. The SMILES string of the molecule is CC1(C(=O)O)CCC(c2ccccc2)(c2ccccc2)CC1. The van der Waals surface area contributed by atoms with E-state index < -0.39 is 11.4 Å². The summed E-state index contributed by atoms with van der Waals surface area (Å²) in [5.74, 6) is -0.665. The van der Waals surface area contributed by atoms with Crippen LogP contribution in [0, 0.1) is 5.41 Å². The van der Waals surface area contributed by atoms with Gasteiger partial charge < -0.3 is 5.11 Å². The standard InChI is InChI=1S/C20H22O2/c1-19(18(21)22)12-14-20(15-13-19,16-8-4-2-5-9-16)17-10-6-3-7-11-17/h2-11H,12-15H2,1H3,(H,21,22). The zero-order chi connectivity index (χ0) is 15.6. The first-order valence-electron chi connectivity index (χ1n) is 7.91. The third-order valence-electron chi connectivity index (χ3n) is 5.38. The molecule has 2 aromatic rings. The third-order valence-corrected chi connectivity index (χ3v) is 5.38. The van der Waals surface area contributed by atoms with E-state index in [1.807, 2.05) is 19.1 Å². The van der Waals surface area contributed by atoms with Crippen LogP contribution < -0.4 is 0 Å². The summed E-state index contributed by atoms with van der Waals surface area (Å²) in [5, 5.41) is 9.51. The van der Waals surface area contributed by atoms with Crippen molar-refractivity contribution in [3.05, 3.63) is 71.8 Å². The quantitative estimate of drug-likeness (QED) is 0.895. The molecule has 1 N–H and O–H groups in total. The van der Waals surface area contributed by atoms with E-state index in [0.29, 0.717) is 12.8 Å². The number of carboxylic acid groups (broad SMARTS) is 1. The van der Waals surface area contributed by atoms with Gasteiger partial charge in [-0.3, -0.25) is 4.79 Å². The number of rotatable bonds is 3. The van der Waals surface area contributed by atoms with Crippen molar-refractivity contribution >= 4 is 5.97 Å². The van der Waals surface area contributed by atoms with Crippen molar-refractivity contribution in [3.63, 3.8) is 0 Å². The van der Waals surface area contributed by atoms with Gasteiger partial charge in [0.05, 0.1) is 5.41 Å². The minimum Gasteiger partial charge on any atom is -0.481 e. The molecular formula is C20H22O2. The molecule has 1 aliphatic carbocycles. The van der Waals surface area contributed by atoms with Gasteiger partial charge in [0.1, 0.15) is 0 Å². The summed E-state index contributed by atoms with van der Waals surface area (Å²) in [6, 6.07) is 21.1. The topological polar surface area (TPSA) is 37.3 Å². The number of carbonyl (C=O) groups is 1. The molecule has 114 valence electrons. The molecule has 22 heavy (non-hydrogen) atoms. The van der Waals surface area contributed by atoms with Crippen molar-refractivity contribution in [3.8, 4) is 0 Å². The predicted molar refractivity (Wildman–Crippen MR) is 87.9 cm³/mol. The lowest BCUT2D eigenvalue weighted by atomic mass is 9.59. The number of hydrogen-bond donors (Lipinski definition) is 1. The lowest BCUT2D eigenvalue weighted by molar-refractivity contribution is -0.150. The van der Waals surface area contributed by atoms with Crippen LogP contribution in [0.4, 0.5) is 0 Å². The van der Waals surface area contributed by atoms with Crippen LogP contribution in [0.2, 0.25) is 0 Å². The van der Waals surface area contributed by atoms with Gasteiger partial charge >= 0.3 is 5.97 Å². The smallest absolute Gasteiger partial charge is 0.309 e. The average Bonchev–Trinajstić information content (AvgIpc) is 2.57. The second-order valence-corrected chi connectivity index (χ2v) is 6.68. The maximum atomic E-state index is 11.6. The largest absolute Gasteiger partial charge is 0.481 e. The summed E-state index contributed by atoms with van der Waals surface area (Å²) >= 11 is 0. The molecule has 2 aromatic carbocycles. The highest BCUT2D eigenvalue weighted by Crippen LogP contribution is 2.50. The van der Waals surface area contributed by atoms with Gasteiger partial charge in [-0.1, -0.05) is 60.7 Å². The van der Waals surface area contributed by atoms with Crippen molar-refractivity contribution in [1.29, 1.82) is 0 Å². The summed E-state index contributed by atoms with van der Waals surface area (Å²) in [6.45, 7) is 1.88. The van der Waals surface area contributed by atoms with E-state index in [2.05, 4.69) is 48.5 Å². The van der Waals surface area contributed by atoms with Crippen molar-refractivity contribution in [2.24, 2.45) is 5.41 Å². The van der Waals surface area contributed by atoms with Crippen LogP contribution in [0.25, 0.3) is 0 Å². The van der Waals surface area contributed by atoms with Crippen LogP contribution in [-0.2, 0) is 10.2 Å². The normalized spacial score (nSPS) is 19.5. The zero-order valence-corrected chi connectivity index (χ0v) is 13.0. The van der Waals surface area contributed by atoms with Gasteiger partial charge in [-0.2, -0.15) is 0 Å². The first-order valence-corrected chi connectivity index (χ1v) is 7.91. The maximum absolute atomic E-state index is 11.6. The predicted octanol–water partition coefficient (Wildman–Crippen LogP) is 4.64. The Hall–Kier alpha value is -2.09. The number of hydrogen-bond acceptors (Lipinski definition) is 1. The van der Waals surface area contributed by atoms with Crippen LogP contribution in [0.5, 0.6) is 0 Å². The van der Waals surface area contributed by atoms with Crippen LogP contribution in [-0.4, -0.2) is 11.1 Å². The molecule has 0 atom stereocenters. The van der Waals surface area contributed by atoms with E-state index >= 15 is 0 Å². The second-order valence-electron chi connectivity index (χ2n) is 6.68. The van der Waals surface area contributed by atoms with Crippen LogP contribution in [0.1, 0.15) is 43.7 Å². The maximum Gasteiger partial charge on any atom is 0.309 e. The Kier molecular flexibility index (Phi) is 3.78. The number of carboxylic acids is 1. The lowest BCUT2D eigenvalue weighted by Crippen LogP contribution is -2.40. The first kappa shape index (κ1) is 14.8. The Balaban J connectivity index is 2.02. The molecule has 0 amide bonds. The van der Waals surface area contributed by atoms with E-state index in [4.69, 9.17) is 0 Å². The van der Waals surface area contributed by atoms with Crippen molar-refractivity contribution in [1.82, 2.24) is 0 Å². The Morgan fingerprint density at radius 2 is 1.23 bits per heavy atom. The zero-order valence-electron chi connectivity index (χ0n) is 13.0. The Bertz CT molecular complexity index is 596. The summed E-state index contributed by atoms with van der Waals surface area (Å²) in [4.78, 5) is 11.6. The number of aliphatic carboxylic acids is 1. The molecule has 1 saturated carbocycles. The first-order chi connectivity index (χ1) is 10.6. The van der Waals surface area contributed by atoms with Crippen molar-refractivity contribution in [2.45, 2.75) is 38.0 Å². The monoisotopic (exact) mass is 294 g/mol. The molecule has 0 unspecified atom stereocenters. The highest BCUT2D eigenvalue weighted by Gasteiger charge is 2.45. The molecule has 0 aromatic heterocycles. The fraction of sp³-hybridized carbons (Fsp3) is 0.350. The van der Waals surface area contributed by atoms with Gasteiger partial charge in [0, 0.05) is 5.41 Å². The third kappa shape index (κ3) is 2.43. The Morgan fingerprint density at radius 3 is 1.59 bits per heavy atom. The Labute approximate surface area is 131 Å². The molecule has 0 radical (unpaired) electrons. The fourth-order valence-corrected chi connectivity index (χ4v) is 3.70. The molecule has 0 aliphatic heterocycles. The molecule has 2 nitrogen and oxygen atoms in total. The second kappa shape index (κ2) is 5.60. The molecule has 0 heterocycles. The van der Waals surface area contributed by atoms with E-state index in [0.717, 1.165) is 12.8 Å². The molecule has 1 aliphatic rings. The van der Waals surface area contributed by atoms with E-state index in [9.17, 15) is 9.90 Å². The van der Waals surface area contributed by atoms with Gasteiger partial charge in [-0.25, -0.2) is 0 Å². The molecule has 1 fully saturated rings. The molecular weight excluding hydrogens is 272 g/mol. The lowest BCUT2D eigenvalue weighted by Gasteiger charge is -2.44. The average molecular weight is 294 g/mol. The summed E-state index contributed by atoms with van der Waals surface area (Å²) in [6.07, 6.45) is 3.19. The van der Waals surface area contributed by atoms with E-state index in [-0.39, 0.29) is 5.41 Å². The summed E-state index contributed by atoms with van der Waals surface area (Å²) < 4.78 is 0. The van der Waals surface area contributed by atoms with Gasteiger partial charge in [-0.15, -0.1) is 0 Å². The van der Waals surface area contributed by atoms with Crippen LogP contribution >= 0.6 is 0 Å². The molecule has 3 rings (SSSR count). The van der Waals surface area contributed by atoms with Gasteiger partial charge in [0.2, 0.25) is 0 Å². The van der Waals surface area contributed by atoms with Gasteiger partial charge in [0.15, 0.2) is 0 Å². The fourth-order valence-electron chi connectivity index (χ4n) is 3.70. The van der Waals surface area contributed by atoms with E-state index in [1.54, 1.807) is 0 Å². The molecule has 2 heteroatoms. The number of benzene rings is 2. The molecule has 0 saturated heterocycles. The van der Waals surface area contributed by atoms with Gasteiger partial charge in [-0.05, 0) is 43.7 Å². The summed E-state index contributed by atoms with van der Waals surface area (Å²) in [7, 11) is 0. The van der Waals surface area contributed by atoms with E-state index in [1.165, 1.54) is 11.1 Å². The minimum atomic E-state index is -0.665. The van der Waals surface area contributed by atoms with Crippen molar-refractivity contribution < 1.29 is 9.90 Å². The Morgan fingerprint density at radius 1 is 0.818 bits per heavy atom. The molecule has 0 spiro atoms. The van der Waals surface area contributed by atoms with Gasteiger partial charge in [0.25, 0.3) is 0 Å². The minimum absolute atomic E-state index is 0.0581. The molecule has 0 bridgehead atoms. The van der Waals surface area contributed by atoms with Crippen LogP contribution in [0.15, 0.2) is 60.7 Å². The van der Waals surface area contributed by atoms with Crippen LogP contribution in [0.3, 0.4) is 0 Å². The van der Waals surface area contributed by atoms with Crippen molar-refractivity contribution in [2.75, 3.05) is 0 Å².